The van der Waals surface area contributed by atoms with Crippen molar-refractivity contribution in [3.8, 4) is 16.9 Å². The number of hydrogen-bond acceptors (Lipinski definition) is 4. The molecule has 2 aromatic carbocycles. The van der Waals surface area contributed by atoms with Crippen LogP contribution >= 0.6 is 11.6 Å². The molecule has 1 N–H and O–H groups in total. The third-order valence-corrected chi connectivity index (χ3v) is 6.78. The maximum Gasteiger partial charge on any atom is 0.163 e. The van der Waals surface area contributed by atoms with Crippen molar-refractivity contribution in [2.75, 3.05) is 6.61 Å². The van der Waals surface area contributed by atoms with Gasteiger partial charge in [-0.25, -0.2) is 9.50 Å². The third kappa shape index (κ3) is 3.90. The van der Waals surface area contributed by atoms with Crippen LogP contribution in [0.1, 0.15) is 67.7 Å². The lowest BCUT2D eigenvalue weighted by Gasteiger charge is -2.30. The molecule has 0 radical (unpaired) electrons. The Hall–Kier alpha value is -2.89. The summed E-state index contributed by atoms with van der Waals surface area (Å²) in [5, 5.41) is 9.47. The maximum atomic E-state index is 6.54. The highest BCUT2D eigenvalue weighted by Crippen LogP contribution is 2.37. The van der Waals surface area contributed by atoms with Gasteiger partial charge in [0.2, 0.25) is 0 Å². The Balaban J connectivity index is 1.57. The third-order valence-electron chi connectivity index (χ3n) is 6.45. The topological polar surface area (TPSA) is 51.5 Å². The Labute approximate surface area is 199 Å². The van der Waals surface area contributed by atoms with Gasteiger partial charge in [-0.05, 0) is 31.9 Å². The predicted octanol–water partition coefficient (Wildman–Crippen LogP) is 6.66. The standard InChI is InChI=1S/C27H29ClN4O/c1-16(2)26-21(17(3)30-23-13-14-33-24-12-8-6-10-20(23)24)15-29-27-25(18(4)31-32(26)27)19-9-5-7-11-22(19)28/h5-12,15-17,23,30H,13-14H2,1-4H3/t17?,23-/m0/s1. The van der Waals surface area contributed by atoms with E-state index in [0.29, 0.717) is 5.02 Å². The molecule has 0 bridgehead atoms. The zero-order valence-corrected chi connectivity index (χ0v) is 20.2. The molecule has 1 aliphatic rings. The lowest BCUT2D eigenvalue weighted by molar-refractivity contribution is 0.245. The van der Waals surface area contributed by atoms with E-state index in [2.05, 4.69) is 38.2 Å². The van der Waals surface area contributed by atoms with Crippen molar-refractivity contribution >= 4 is 17.2 Å². The van der Waals surface area contributed by atoms with E-state index in [9.17, 15) is 0 Å². The number of rotatable bonds is 5. The second-order valence-corrected chi connectivity index (χ2v) is 9.45. The van der Waals surface area contributed by atoms with Crippen LogP contribution < -0.4 is 10.1 Å². The van der Waals surface area contributed by atoms with Crippen LogP contribution in [0.25, 0.3) is 16.8 Å². The van der Waals surface area contributed by atoms with Gasteiger partial charge in [0.25, 0.3) is 0 Å². The molecule has 1 aliphatic heterocycles. The number of fused-ring (bicyclic) bond motifs is 2. The van der Waals surface area contributed by atoms with Crippen LogP contribution in [0, 0.1) is 6.92 Å². The van der Waals surface area contributed by atoms with Gasteiger partial charge in [0.1, 0.15) is 5.75 Å². The van der Waals surface area contributed by atoms with Crippen LogP contribution in [0.15, 0.2) is 54.7 Å². The molecule has 0 amide bonds. The molecule has 0 saturated heterocycles. The van der Waals surface area contributed by atoms with Crippen molar-refractivity contribution < 1.29 is 4.74 Å². The van der Waals surface area contributed by atoms with Gasteiger partial charge in [-0.2, -0.15) is 5.10 Å². The number of ether oxygens (including phenoxy) is 1. The van der Waals surface area contributed by atoms with E-state index in [4.69, 9.17) is 26.4 Å². The molecule has 5 nitrogen and oxygen atoms in total. The summed E-state index contributed by atoms with van der Waals surface area (Å²) in [5.74, 6) is 1.24. The average molecular weight is 461 g/mol. The minimum Gasteiger partial charge on any atom is -0.493 e. The molecule has 5 rings (SSSR count). The summed E-state index contributed by atoms with van der Waals surface area (Å²) in [7, 11) is 0. The summed E-state index contributed by atoms with van der Waals surface area (Å²) in [5.41, 5.74) is 7.27. The highest BCUT2D eigenvalue weighted by atomic mass is 35.5. The van der Waals surface area contributed by atoms with Crippen molar-refractivity contribution in [3.63, 3.8) is 0 Å². The van der Waals surface area contributed by atoms with Crippen molar-refractivity contribution in [2.45, 2.75) is 52.1 Å². The number of benzene rings is 2. The fraction of sp³-hybridized carbons (Fsp3) is 0.333. The molecule has 3 heterocycles. The van der Waals surface area contributed by atoms with Gasteiger partial charge in [-0.15, -0.1) is 0 Å². The van der Waals surface area contributed by atoms with Gasteiger partial charge in [0.15, 0.2) is 5.65 Å². The Morgan fingerprint density at radius 2 is 1.85 bits per heavy atom. The first-order valence-corrected chi connectivity index (χ1v) is 11.9. The summed E-state index contributed by atoms with van der Waals surface area (Å²) < 4.78 is 7.87. The second kappa shape index (κ2) is 8.81. The van der Waals surface area contributed by atoms with Gasteiger partial charge in [-0.1, -0.05) is 61.8 Å². The number of aromatic nitrogens is 3. The summed E-state index contributed by atoms with van der Waals surface area (Å²) in [6.07, 6.45) is 2.95. The van der Waals surface area contributed by atoms with E-state index in [-0.39, 0.29) is 18.0 Å². The normalized spacial score (nSPS) is 16.6. The SMILES string of the molecule is Cc1nn2c(C(C)C)c(C(C)N[C@H]3CCOc4ccccc43)cnc2c1-c1ccccc1Cl. The summed E-state index contributed by atoms with van der Waals surface area (Å²) in [6, 6.07) is 16.5. The van der Waals surface area contributed by atoms with Gasteiger partial charge in [-0.3, -0.25) is 0 Å². The minimum atomic E-state index is 0.101. The van der Waals surface area contributed by atoms with Crippen molar-refractivity contribution in [3.05, 3.63) is 82.3 Å². The minimum absolute atomic E-state index is 0.101. The first-order chi connectivity index (χ1) is 16.0. The monoisotopic (exact) mass is 460 g/mol. The highest BCUT2D eigenvalue weighted by Gasteiger charge is 2.26. The molecule has 4 aromatic rings. The molecule has 0 spiro atoms. The molecule has 170 valence electrons. The van der Waals surface area contributed by atoms with E-state index < -0.39 is 0 Å². The average Bonchev–Trinajstić information content (AvgIpc) is 3.14. The van der Waals surface area contributed by atoms with E-state index in [1.165, 1.54) is 11.3 Å². The molecule has 1 unspecified atom stereocenters. The predicted molar refractivity (Wildman–Crippen MR) is 133 cm³/mol. The van der Waals surface area contributed by atoms with Crippen molar-refractivity contribution in [1.29, 1.82) is 0 Å². The van der Waals surface area contributed by atoms with Gasteiger partial charge in [0, 0.05) is 46.4 Å². The maximum absolute atomic E-state index is 6.54. The number of halogens is 1. The van der Waals surface area contributed by atoms with Crippen LogP contribution in [-0.4, -0.2) is 21.2 Å². The lowest BCUT2D eigenvalue weighted by atomic mass is 9.96. The molecule has 2 aromatic heterocycles. The largest absolute Gasteiger partial charge is 0.493 e. The van der Waals surface area contributed by atoms with Crippen LogP contribution in [0.3, 0.4) is 0 Å². The smallest absolute Gasteiger partial charge is 0.163 e. The highest BCUT2D eigenvalue weighted by molar-refractivity contribution is 6.33. The molecule has 0 fully saturated rings. The number of nitrogens with one attached hydrogen (secondary N) is 1. The summed E-state index contributed by atoms with van der Waals surface area (Å²) in [4.78, 5) is 4.90. The first kappa shape index (κ1) is 21.9. The van der Waals surface area contributed by atoms with Crippen LogP contribution in [0.4, 0.5) is 0 Å². The Morgan fingerprint density at radius 1 is 1.09 bits per heavy atom. The van der Waals surface area contributed by atoms with Crippen LogP contribution in [0.2, 0.25) is 5.02 Å². The molecule has 33 heavy (non-hydrogen) atoms. The summed E-state index contributed by atoms with van der Waals surface area (Å²) in [6.45, 7) is 9.37. The molecule has 2 atom stereocenters. The number of para-hydroxylation sites is 1. The van der Waals surface area contributed by atoms with Crippen molar-refractivity contribution in [1.82, 2.24) is 19.9 Å². The molecular formula is C27H29ClN4O. The van der Waals surface area contributed by atoms with E-state index in [1.807, 2.05) is 54.0 Å². The fourth-order valence-electron chi connectivity index (χ4n) is 4.92. The van der Waals surface area contributed by atoms with Gasteiger partial charge >= 0.3 is 0 Å². The van der Waals surface area contributed by atoms with Gasteiger partial charge < -0.3 is 10.1 Å². The molecule has 6 heteroatoms. The fourth-order valence-corrected chi connectivity index (χ4v) is 5.15. The number of hydrogen-bond donors (Lipinski definition) is 1. The number of nitrogens with zero attached hydrogens (tertiary/aromatic N) is 3. The molecule has 0 aliphatic carbocycles. The summed E-state index contributed by atoms with van der Waals surface area (Å²) >= 11 is 6.54. The molecular weight excluding hydrogens is 432 g/mol. The molecule has 0 saturated carbocycles. The van der Waals surface area contributed by atoms with E-state index in [0.717, 1.165) is 46.8 Å². The van der Waals surface area contributed by atoms with Crippen LogP contribution in [-0.2, 0) is 0 Å². The zero-order chi connectivity index (χ0) is 23.1. The van der Waals surface area contributed by atoms with Gasteiger partial charge in [0.05, 0.1) is 23.6 Å². The van der Waals surface area contributed by atoms with Crippen molar-refractivity contribution in [2.24, 2.45) is 0 Å². The van der Waals surface area contributed by atoms with Crippen LogP contribution in [0.5, 0.6) is 5.75 Å². The Kier molecular flexibility index (Phi) is 5.85. The first-order valence-electron chi connectivity index (χ1n) is 11.6. The number of aryl methyl sites for hydroxylation is 1. The zero-order valence-electron chi connectivity index (χ0n) is 19.5. The second-order valence-electron chi connectivity index (χ2n) is 9.05. The lowest BCUT2D eigenvalue weighted by Crippen LogP contribution is -2.30. The Bertz CT molecular complexity index is 1310. The quantitative estimate of drug-likeness (QED) is 0.362. The van der Waals surface area contributed by atoms with E-state index >= 15 is 0 Å². The van der Waals surface area contributed by atoms with E-state index in [1.54, 1.807) is 0 Å². The Morgan fingerprint density at radius 3 is 2.64 bits per heavy atom.